The highest BCUT2D eigenvalue weighted by Crippen LogP contribution is 2.18. The minimum absolute atomic E-state index is 0.0588. The zero-order chi connectivity index (χ0) is 14.4. The van der Waals surface area contributed by atoms with E-state index in [2.05, 4.69) is 23.6 Å². The molecule has 4 heteroatoms. The Labute approximate surface area is 120 Å². The van der Waals surface area contributed by atoms with Crippen molar-refractivity contribution in [3.05, 3.63) is 29.3 Å². The molecule has 1 aromatic carbocycles. The summed E-state index contributed by atoms with van der Waals surface area (Å²) in [6, 6.07) is 6.51. The van der Waals surface area contributed by atoms with Crippen LogP contribution in [0.25, 0.3) is 0 Å². The number of hydrogen-bond donors (Lipinski definition) is 2. The first kappa shape index (κ1) is 14.9. The van der Waals surface area contributed by atoms with Crippen molar-refractivity contribution in [2.75, 3.05) is 19.7 Å². The molecule has 1 atom stereocenters. The van der Waals surface area contributed by atoms with E-state index in [-0.39, 0.29) is 5.91 Å². The third kappa shape index (κ3) is 4.53. The second-order valence-corrected chi connectivity index (χ2v) is 5.46. The van der Waals surface area contributed by atoms with Crippen molar-refractivity contribution in [2.24, 2.45) is 0 Å². The molecule has 1 aliphatic rings. The van der Waals surface area contributed by atoms with Gasteiger partial charge in [0.15, 0.2) is 0 Å². The van der Waals surface area contributed by atoms with Crippen LogP contribution in [-0.4, -0.2) is 31.6 Å². The average Bonchev–Trinajstić information content (AvgIpc) is 2.92. The number of carbonyl (C=O) groups is 1. The summed E-state index contributed by atoms with van der Waals surface area (Å²) in [5.41, 5.74) is 2.33. The zero-order valence-corrected chi connectivity index (χ0v) is 12.4. The first-order valence-corrected chi connectivity index (χ1v) is 7.35. The van der Waals surface area contributed by atoms with Crippen LogP contribution in [0, 0.1) is 13.8 Å². The highest BCUT2D eigenvalue weighted by atomic mass is 16.5. The van der Waals surface area contributed by atoms with Gasteiger partial charge in [-0.2, -0.15) is 0 Å². The first-order chi connectivity index (χ1) is 9.65. The number of amides is 1. The summed E-state index contributed by atoms with van der Waals surface area (Å²) >= 11 is 0. The highest BCUT2D eigenvalue weighted by molar-refractivity contribution is 5.76. The largest absolute Gasteiger partial charge is 0.493 e. The molecule has 20 heavy (non-hydrogen) atoms. The van der Waals surface area contributed by atoms with Crippen molar-refractivity contribution < 1.29 is 9.53 Å². The number of nitrogens with one attached hydrogen (secondary N) is 2. The molecule has 0 spiro atoms. The number of benzene rings is 1. The first-order valence-electron chi connectivity index (χ1n) is 7.35. The van der Waals surface area contributed by atoms with E-state index in [1.54, 1.807) is 0 Å². The smallest absolute Gasteiger partial charge is 0.223 e. The third-order valence-corrected chi connectivity index (χ3v) is 3.63. The van der Waals surface area contributed by atoms with E-state index in [1.165, 1.54) is 12.0 Å². The summed E-state index contributed by atoms with van der Waals surface area (Å²) in [7, 11) is 0. The van der Waals surface area contributed by atoms with Crippen molar-refractivity contribution in [1.82, 2.24) is 10.6 Å². The van der Waals surface area contributed by atoms with Crippen LogP contribution in [0.1, 0.15) is 30.4 Å². The van der Waals surface area contributed by atoms with E-state index < -0.39 is 0 Å². The maximum absolute atomic E-state index is 11.7. The van der Waals surface area contributed by atoms with Crippen molar-refractivity contribution in [2.45, 2.75) is 39.2 Å². The topological polar surface area (TPSA) is 50.4 Å². The van der Waals surface area contributed by atoms with Crippen molar-refractivity contribution in [3.63, 3.8) is 0 Å². The molecular weight excluding hydrogens is 252 g/mol. The molecule has 4 nitrogen and oxygen atoms in total. The van der Waals surface area contributed by atoms with E-state index in [0.717, 1.165) is 30.8 Å². The Hall–Kier alpha value is -1.55. The molecule has 1 aromatic rings. The van der Waals surface area contributed by atoms with Crippen LogP contribution in [0.2, 0.25) is 0 Å². The lowest BCUT2D eigenvalue weighted by molar-refractivity contribution is -0.121. The average molecular weight is 276 g/mol. The minimum atomic E-state index is 0.0588. The summed E-state index contributed by atoms with van der Waals surface area (Å²) in [5.74, 6) is 0.921. The second-order valence-electron chi connectivity index (χ2n) is 5.46. The Morgan fingerprint density at radius 2 is 2.30 bits per heavy atom. The normalized spacial score (nSPS) is 18.0. The van der Waals surface area contributed by atoms with Gasteiger partial charge in [0.05, 0.1) is 13.0 Å². The van der Waals surface area contributed by atoms with Gasteiger partial charge in [0.1, 0.15) is 5.75 Å². The molecule has 0 aromatic heterocycles. The van der Waals surface area contributed by atoms with Crippen LogP contribution in [0.4, 0.5) is 0 Å². The Morgan fingerprint density at radius 1 is 1.45 bits per heavy atom. The SMILES string of the molecule is Cc1ccc(OCCC(=O)NCC2CCCN2)c(C)c1. The predicted molar refractivity (Wildman–Crippen MR) is 80.1 cm³/mol. The zero-order valence-electron chi connectivity index (χ0n) is 12.4. The number of aryl methyl sites for hydroxylation is 2. The number of ether oxygens (including phenoxy) is 1. The van der Waals surface area contributed by atoms with Crippen LogP contribution in [0.5, 0.6) is 5.75 Å². The summed E-state index contributed by atoms with van der Waals surface area (Å²) in [4.78, 5) is 11.7. The van der Waals surface area contributed by atoms with E-state index in [4.69, 9.17) is 4.74 Å². The predicted octanol–water partition coefficient (Wildman–Crippen LogP) is 1.94. The molecule has 2 rings (SSSR count). The Kier molecular flexibility index (Phi) is 5.41. The Balaban J connectivity index is 1.65. The van der Waals surface area contributed by atoms with E-state index in [1.807, 2.05) is 19.1 Å². The number of rotatable bonds is 6. The van der Waals surface area contributed by atoms with Crippen molar-refractivity contribution in [1.29, 1.82) is 0 Å². The fourth-order valence-electron chi connectivity index (χ4n) is 2.47. The molecule has 1 heterocycles. The molecule has 1 saturated heterocycles. The lowest BCUT2D eigenvalue weighted by Crippen LogP contribution is -2.37. The quantitative estimate of drug-likeness (QED) is 0.835. The van der Waals surface area contributed by atoms with E-state index in [9.17, 15) is 4.79 Å². The van der Waals surface area contributed by atoms with E-state index in [0.29, 0.717) is 19.1 Å². The molecule has 1 aliphatic heterocycles. The minimum Gasteiger partial charge on any atom is -0.493 e. The van der Waals surface area contributed by atoms with Gasteiger partial charge in [-0.3, -0.25) is 4.79 Å². The summed E-state index contributed by atoms with van der Waals surface area (Å²) in [5, 5.41) is 6.31. The van der Waals surface area contributed by atoms with Crippen LogP contribution in [0.3, 0.4) is 0 Å². The molecule has 1 fully saturated rings. The fourth-order valence-corrected chi connectivity index (χ4v) is 2.47. The Bertz CT molecular complexity index is 454. The molecule has 1 unspecified atom stereocenters. The van der Waals surface area contributed by atoms with Gasteiger partial charge >= 0.3 is 0 Å². The third-order valence-electron chi connectivity index (χ3n) is 3.63. The van der Waals surface area contributed by atoms with E-state index >= 15 is 0 Å². The van der Waals surface area contributed by atoms with Crippen LogP contribution in [-0.2, 0) is 4.79 Å². The molecular formula is C16H24N2O2. The summed E-state index contributed by atoms with van der Waals surface area (Å²) in [6.45, 7) is 6.29. The van der Waals surface area contributed by atoms with Gasteiger partial charge < -0.3 is 15.4 Å². The Morgan fingerprint density at radius 3 is 3.00 bits per heavy atom. The van der Waals surface area contributed by atoms with Crippen LogP contribution in [0.15, 0.2) is 18.2 Å². The monoisotopic (exact) mass is 276 g/mol. The molecule has 2 N–H and O–H groups in total. The molecule has 0 saturated carbocycles. The lowest BCUT2D eigenvalue weighted by Gasteiger charge is -2.12. The molecule has 110 valence electrons. The fraction of sp³-hybridized carbons (Fsp3) is 0.562. The van der Waals surface area contributed by atoms with Gasteiger partial charge in [-0.25, -0.2) is 0 Å². The van der Waals surface area contributed by atoms with Gasteiger partial charge in [-0.15, -0.1) is 0 Å². The van der Waals surface area contributed by atoms with Crippen LogP contribution >= 0.6 is 0 Å². The van der Waals surface area contributed by atoms with Crippen molar-refractivity contribution in [3.8, 4) is 5.75 Å². The maximum Gasteiger partial charge on any atom is 0.223 e. The summed E-state index contributed by atoms with van der Waals surface area (Å²) < 4.78 is 5.66. The molecule has 0 aliphatic carbocycles. The maximum atomic E-state index is 11.7. The second kappa shape index (κ2) is 7.29. The highest BCUT2D eigenvalue weighted by Gasteiger charge is 2.14. The number of carbonyl (C=O) groups excluding carboxylic acids is 1. The molecule has 0 radical (unpaired) electrons. The number of hydrogen-bond acceptors (Lipinski definition) is 3. The van der Waals surface area contributed by atoms with Gasteiger partial charge in [-0.1, -0.05) is 17.7 Å². The van der Waals surface area contributed by atoms with Gasteiger partial charge in [0.25, 0.3) is 0 Å². The van der Waals surface area contributed by atoms with Gasteiger partial charge in [-0.05, 0) is 44.9 Å². The summed E-state index contributed by atoms with van der Waals surface area (Å²) in [6.07, 6.45) is 2.76. The molecule has 0 bridgehead atoms. The van der Waals surface area contributed by atoms with Crippen LogP contribution < -0.4 is 15.4 Å². The van der Waals surface area contributed by atoms with Gasteiger partial charge in [0, 0.05) is 12.6 Å². The van der Waals surface area contributed by atoms with Gasteiger partial charge in [0.2, 0.25) is 5.91 Å². The lowest BCUT2D eigenvalue weighted by atomic mass is 10.1. The molecule has 1 amide bonds. The van der Waals surface area contributed by atoms with Crippen molar-refractivity contribution >= 4 is 5.91 Å². The standard InChI is InChI=1S/C16H24N2O2/c1-12-5-6-15(13(2)10-12)20-9-7-16(19)18-11-14-4-3-8-17-14/h5-6,10,14,17H,3-4,7-9,11H2,1-2H3,(H,18,19).